The van der Waals surface area contributed by atoms with Gasteiger partial charge in [0.2, 0.25) is 0 Å². The normalized spacial score (nSPS) is 10.5. The molecule has 0 saturated carbocycles. The molecule has 3 N–H and O–H groups in total. The maximum atomic E-state index is 10.7. The van der Waals surface area contributed by atoms with E-state index in [1.54, 1.807) is 0 Å². The molecule has 0 aliphatic carbocycles. The van der Waals surface area contributed by atoms with Crippen molar-refractivity contribution in [2.24, 2.45) is 5.10 Å². The zero-order chi connectivity index (χ0) is 16.1. The molecule has 0 atom stereocenters. The van der Waals surface area contributed by atoms with Crippen LogP contribution in [0.2, 0.25) is 0 Å². The summed E-state index contributed by atoms with van der Waals surface area (Å²) in [5.41, 5.74) is 3.46. The van der Waals surface area contributed by atoms with Gasteiger partial charge in [0, 0.05) is 11.6 Å². The minimum atomic E-state index is -1.02. The third kappa shape index (κ3) is 3.57. The van der Waals surface area contributed by atoms with Gasteiger partial charge in [0.05, 0.1) is 28.5 Å². The van der Waals surface area contributed by atoms with E-state index in [9.17, 15) is 20.0 Å². The molecular weight excluding hydrogens is 290 g/mol. The molecule has 2 aromatic rings. The summed E-state index contributed by atoms with van der Waals surface area (Å²) in [5.74, 6) is -1.29. The van der Waals surface area contributed by atoms with Gasteiger partial charge in [-0.15, -0.1) is 0 Å². The second-order valence-electron chi connectivity index (χ2n) is 4.25. The number of phenols is 1. The number of phenolic OH excluding ortho intramolecular Hbond substituents is 1. The number of anilines is 1. The molecular formula is C14H11N3O5. The van der Waals surface area contributed by atoms with E-state index in [2.05, 4.69) is 10.5 Å². The lowest BCUT2D eigenvalue weighted by molar-refractivity contribution is -0.384. The molecule has 22 heavy (non-hydrogen) atoms. The summed E-state index contributed by atoms with van der Waals surface area (Å²) in [5, 5.41) is 32.8. The molecule has 0 aromatic heterocycles. The first kappa shape index (κ1) is 15.0. The molecule has 2 rings (SSSR count). The number of aromatic hydroxyl groups is 1. The number of carbonyl (C=O) groups is 1. The number of hydrazone groups is 1. The van der Waals surface area contributed by atoms with Crippen LogP contribution in [0, 0.1) is 10.1 Å². The summed E-state index contributed by atoms with van der Waals surface area (Å²) in [6.45, 7) is 0. The van der Waals surface area contributed by atoms with Crippen LogP contribution in [0.15, 0.2) is 47.6 Å². The van der Waals surface area contributed by atoms with Crippen molar-refractivity contribution in [1.29, 1.82) is 0 Å². The molecule has 112 valence electrons. The standard InChI is InChI=1S/C14H11N3O5/c18-13-7-12(17(21)22)6-3-10(13)8-15-16-11-4-1-9(2-5-11)14(19)20/h1-8,16,18H,(H,19,20)/b15-8+. The number of non-ortho nitro benzene ring substituents is 1. The van der Waals surface area contributed by atoms with Gasteiger partial charge in [-0.2, -0.15) is 5.10 Å². The van der Waals surface area contributed by atoms with Crippen LogP contribution in [-0.2, 0) is 0 Å². The van der Waals surface area contributed by atoms with E-state index in [0.29, 0.717) is 11.3 Å². The van der Waals surface area contributed by atoms with Crippen LogP contribution >= 0.6 is 0 Å². The summed E-state index contributed by atoms with van der Waals surface area (Å²) in [6, 6.07) is 9.57. The zero-order valence-electron chi connectivity index (χ0n) is 11.1. The molecule has 0 aliphatic heterocycles. The minimum absolute atomic E-state index is 0.155. The molecule has 2 aromatic carbocycles. The number of carboxylic acids is 1. The van der Waals surface area contributed by atoms with Crippen molar-refractivity contribution in [1.82, 2.24) is 0 Å². The molecule has 8 nitrogen and oxygen atoms in total. The Morgan fingerprint density at radius 1 is 1.23 bits per heavy atom. The van der Waals surface area contributed by atoms with Gasteiger partial charge < -0.3 is 10.2 Å². The highest BCUT2D eigenvalue weighted by molar-refractivity contribution is 5.88. The first-order valence-electron chi connectivity index (χ1n) is 6.07. The van der Waals surface area contributed by atoms with Crippen LogP contribution in [0.25, 0.3) is 0 Å². The van der Waals surface area contributed by atoms with Crippen LogP contribution in [-0.4, -0.2) is 27.3 Å². The van der Waals surface area contributed by atoms with E-state index >= 15 is 0 Å². The van der Waals surface area contributed by atoms with Gasteiger partial charge in [-0.1, -0.05) is 0 Å². The highest BCUT2D eigenvalue weighted by atomic mass is 16.6. The molecule has 0 bridgehead atoms. The van der Waals surface area contributed by atoms with Crippen molar-refractivity contribution in [3.05, 3.63) is 63.7 Å². The maximum absolute atomic E-state index is 10.7. The smallest absolute Gasteiger partial charge is 0.335 e. The Hall–Kier alpha value is -3.42. The van der Waals surface area contributed by atoms with Gasteiger partial charge in [-0.3, -0.25) is 15.5 Å². The second-order valence-corrected chi connectivity index (χ2v) is 4.25. The number of hydrogen-bond acceptors (Lipinski definition) is 6. The van der Waals surface area contributed by atoms with E-state index < -0.39 is 10.9 Å². The fourth-order valence-corrected chi connectivity index (χ4v) is 1.62. The predicted octanol–water partition coefficient (Wildman–Crippen LogP) is 2.44. The molecule has 0 amide bonds. The summed E-state index contributed by atoms with van der Waals surface area (Å²) >= 11 is 0. The zero-order valence-corrected chi connectivity index (χ0v) is 11.1. The number of aromatic carboxylic acids is 1. The SMILES string of the molecule is O=C(O)c1ccc(N/N=C/c2ccc([N+](=O)[O-])cc2O)cc1. The molecule has 8 heteroatoms. The van der Waals surface area contributed by atoms with Crippen molar-refractivity contribution in [3.8, 4) is 5.75 Å². The summed E-state index contributed by atoms with van der Waals surface area (Å²) in [6.07, 6.45) is 1.30. The van der Waals surface area contributed by atoms with E-state index in [1.807, 2.05) is 0 Å². The topological polar surface area (TPSA) is 125 Å². The minimum Gasteiger partial charge on any atom is -0.507 e. The second kappa shape index (κ2) is 6.35. The Labute approximate surface area is 124 Å². The monoisotopic (exact) mass is 301 g/mol. The lowest BCUT2D eigenvalue weighted by Gasteiger charge is -2.01. The van der Waals surface area contributed by atoms with E-state index in [-0.39, 0.29) is 17.0 Å². The molecule has 0 heterocycles. The number of benzene rings is 2. The summed E-state index contributed by atoms with van der Waals surface area (Å²) < 4.78 is 0. The average Bonchev–Trinajstić information content (AvgIpc) is 2.49. The first-order valence-corrected chi connectivity index (χ1v) is 6.07. The Balaban J connectivity index is 2.06. The molecule has 0 aliphatic rings. The number of nitrogens with zero attached hydrogens (tertiary/aromatic N) is 2. The van der Waals surface area contributed by atoms with Crippen LogP contribution in [0.1, 0.15) is 15.9 Å². The molecule has 0 fully saturated rings. The Morgan fingerprint density at radius 3 is 2.45 bits per heavy atom. The van der Waals surface area contributed by atoms with E-state index in [4.69, 9.17) is 5.11 Å². The van der Waals surface area contributed by atoms with Crippen LogP contribution < -0.4 is 5.43 Å². The lowest BCUT2D eigenvalue weighted by atomic mass is 10.2. The Bertz CT molecular complexity index is 741. The number of nitrogens with one attached hydrogen (secondary N) is 1. The number of nitro groups is 1. The van der Waals surface area contributed by atoms with E-state index in [0.717, 1.165) is 6.07 Å². The van der Waals surface area contributed by atoms with Crippen LogP contribution in [0.4, 0.5) is 11.4 Å². The largest absolute Gasteiger partial charge is 0.507 e. The lowest BCUT2D eigenvalue weighted by Crippen LogP contribution is -1.96. The Kier molecular flexibility index (Phi) is 4.33. The van der Waals surface area contributed by atoms with Crippen LogP contribution in [0.5, 0.6) is 5.75 Å². The molecule has 0 spiro atoms. The van der Waals surface area contributed by atoms with Gasteiger partial charge in [0.15, 0.2) is 0 Å². The molecule has 0 unspecified atom stereocenters. The number of hydrogen-bond donors (Lipinski definition) is 3. The van der Waals surface area contributed by atoms with Gasteiger partial charge in [0.25, 0.3) is 5.69 Å². The van der Waals surface area contributed by atoms with Gasteiger partial charge >= 0.3 is 5.97 Å². The van der Waals surface area contributed by atoms with Gasteiger partial charge in [-0.05, 0) is 30.3 Å². The highest BCUT2D eigenvalue weighted by Crippen LogP contribution is 2.22. The first-order chi connectivity index (χ1) is 10.5. The summed E-state index contributed by atoms with van der Waals surface area (Å²) in [4.78, 5) is 20.6. The fourth-order valence-electron chi connectivity index (χ4n) is 1.62. The van der Waals surface area contributed by atoms with Crippen molar-refractivity contribution < 1.29 is 19.9 Å². The Morgan fingerprint density at radius 2 is 1.91 bits per heavy atom. The predicted molar refractivity (Wildman–Crippen MR) is 79.4 cm³/mol. The third-order valence-electron chi connectivity index (χ3n) is 2.75. The van der Waals surface area contributed by atoms with Crippen molar-refractivity contribution in [2.75, 3.05) is 5.43 Å². The van der Waals surface area contributed by atoms with Gasteiger partial charge in [-0.25, -0.2) is 4.79 Å². The molecule has 0 radical (unpaired) electrons. The number of nitro benzene ring substituents is 1. The quantitative estimate of drug-likeness (QED) is 0.442. The van der Waals surface area contributed by atoms with Crippen LogP contribution in [0.3, 0.4) is 0 Å². The maximum Gasteiger partial charge on any atom is 0.335 e. The summed E-state index contributed by atoms with van der Waals surface area (Å²) in [7, 11) is 0. The van der Waals surface area contributed by atoms with Crippen molar-refractivity contribution in [2.45, 2.75) is 0 Å². The average molecular weight is 301 g/mol. The van der Waals surface area contributed by atoms with Crippen molar-refractivity contribution in [3.63, 3.8) is 0 Å². The fraction of sp³-hybridized carbons (Fsp3) is 0. The van der Waals surface area contributed by atoms with Gasteiger partial charge in [0.1, 0.15) is 5.75 Å². The third-order valence-corrected chi connectivity index (χ3v) is 2.75. The van der Waals surface area contributed by atoms with Crippen molar-refractivity contribution >= 4 is 23.6 Å². The number of rotatable bonds is 5. The number of carboxylic acid groups (broad SMARTS) is 1. The molecule has 0 saturated heterocycles. The van der Waals surface area contributed by atoms with E-state index in [1.165, 1.54) is 42.6 Å². The highest BCUT2D eigenvalue weighted by Gasteiger charge is 2.08.